The number of nitrogens with one attached hydrogen (secondary N) is 1. The summed E-state index contributed by atoms with van der Waals surface area (Å²) in [6, 6.07) is 1.56. The second kappa shape index (κ2) is 7.05. The molecule has 0 aromatic carbocycles. The van der Waals surface area contributed by atoms with Crippen LogP contribution >= 0.6 is 0 Å². The van der Waals surface area contributed by atoms with Crippen LogP contribution in [0.5, 0.6) is 0 Å². The predicted octanol–water partition coefficient (Wildman–Crippen LogP) is 2.04. The van der Waals surface area contributed by atoms with Crippen LogP contribution in [-0.4, -0.2) is 62.2 Å². The molecule has 4 atom stereocenters. The Labute approximate surface area is 119 Å². The zero-order valence-corrected chi connectivity index (χ0v) is 13.4. The molecule has 0 radical (unpaired) electrons. The van der Waals surface area contributed by atoms with Gasteiger partial charge in [0.1, 0.15) is 0 Å². The van der Waals surface area contributed by atoms with E-state index in [2.05, 4.69) is 43.1 Å². The van der Waals surface area contributed by atoms with Crippen LogP contribution < -0.4 is 5.32 Å². The van der Waals surface area contributed by atoms with E-state index in [1.807, 2.05) is 0 Å². The Morgan fingerprint density at radius 1 is 1.21 bits per heavy atom. The third kappa shape index (κ3) is 3.93. The van der Waals surface area contributed by atoms with Crippen molar-refractivity contribution < 1.29 is 0 Å². The van der Waals surface area contributed by atoms with Crippen LogP contribution in [0.4, 0.5) is 0 Å². The van der Waals surface area contributed by atoms with Gasteiger partial charge in [-0.15, -0.1) is 0 Å². The largest absolute Gasteiger partial charge is 0.314 e. The van der Waals surface area contributed by atoms with Crippen LogP contribution in [0.25, 0.3) is 0 Å². The number of hydrogen-bond acceptors (Lipinski definition) is 3. The van der Waals surface area contributed by atoms with Gasteiger partial charge in [-0.3, -0.25) is 0 Å². The highest BCUT2D eigenvalue weighted by Crippen LogP contribution is 2.29. The van der Waals surface area contributed by atoms with Crippen molar-refractivity contribution in [1.29, 1.82) is 0 Å². The molecule has 0 aromatic rings. The van der Waals surface area contributed by atoms with E-state index in [9.17, 15) is 0 Å². The molecule has 1 N–H and O–H groups in total. The molecular formula is C16H33N3. The van der Waals surface area contributed by atoms with Crippen LogP contribution in [0.3, 0.4) is 0 Å². The van der Waals surface area contributed by atoms with Gasteiger partial charge >= 0.3 is 0 Å². The first-order valence-corrected chi connectivity index (χ1v) is 8.24. The molecule has 0 bridgehead atoms. The molecule has 1 saturated heterocycles. The molecule has 1 heterocycles. The molecular weight excluding hydrogens is 234 g/mol. The average Bonchev–Trinajstić information content (AvgIpc) is 2.94. The molecule has 0 aromatic heterocycles. The molecule has 19 heavy (non-hydrogen) atoms. The van der Waals surface area contributed by atoms with Gasteiger partial charge in [-0.05, 0) is 58.3 Å². The van der Waals surface area contributed by atoms with Gasteiger partial charge in [0, 0.05) is 25.2 Å². The standard InChI is InChI=1S/C16H33N3/c1-5-17-15-8-6-7-14(15)9-10-19-11-13(2)16(12-19)18(3)4/h13-17H,5-12H2,1-4H3. The first kappa shape index (κ1) is 15.3. The fourth-order valence-corrected chi connectivity index (χ4v) is 4.16. The summed E-state index contributed by atoms with van der Waals surface area (Å²) in [7, 11) is 4.45. The maximum Gasteiger partial charge on any atom is 0.0254 e. The number of hydrogen-bond donors (Lipinski definition) is 1. The molecule has 2 fully saturated rings. The number of rotatable bonds is 6. The molecule has 3 heteroatoms. The van der Waals surface area contributed by atoms with Gasteiger partial charge in [-0.25, -0.2) is 0 Å². The van der Waals surface area contributed by atoms with Gasteiger partial charge in [-0.1, -0.05) is 20.3 Å². The van der Waals surface area contributed by atoms with E-state index in [4.69, 9.17) is 0 Å². The third-order valence-electron chi connectivity index (χ3n) is 5.25. The van der Waals surface area contributed by atoms with Crippen LogP contribution in [0.15, 0.2) is 0 Å². The van der Waals surface area contributed by atoms with Crippen LogP contribution in [0.2, 0.25) is 0 Å². The molecule has 2 aliphatic rings. The van der Waals surface area contributed by atoms with Crippen molar-refractivity contribution >= 4 is 0 Å². The second-order valence-electron chi connectivity index (χ2n) is 6.91. The molecule has 0 spiro atoms. The average molecular weight is 267 g/mol. The summed E-state index contributed by atoms with van der Waals surface area (Å²) < 4.78 is 0. The van der Waals surface area contributed by atoms with Crippen molar-refractivity contribution in [2.24, 2.45) is 11.8 Å². The maximum absolute atomic E-state index is 3.68. The summed E-state index contributed by atoms with van der Waals surface area (Å²) >= 11 is 0. The van der Waals surface area contributed by atoms with E-state index in [1.165, 1.54) is 45.3 Å². The van der Waals surface area contributed by atoms with Gasteiger partial charge in [0.15, 0.2) is 0 Å². The topological polar surface area (TPSA) is 18.5 Å². The van der Waals surface area contributed by atoms with Crippen molar-refractivity contribution in [2.45, 2.75) is 51.6 Å². The molecule has 112 valence electrons. The summed E-state index contributed by atoms with van der Waals surface area (Å²) in [5.41, 5.74) is 0. The van der Waals surface area contributed by atoms with Gasteiger partial charge in [0.25, 0.3) is 0 Å². The van der Waals surface area contributed by atoms with Crippen molar-refractivity contribution in [3.63, 3.8) is 0 Å². The molecule has 0 amide bonds. The SMILES string of the molecule is CCNC1CCCC1CCN1CC(C)C(N(C)C)C1. The predicted molar refractivity (Wildman–Crippen MR) is 82.5 cm³/mol. The van der Waals surface area contributed by atoms with Crippen LogP contribution in [0.1, 0.15) is 39.5 Å². The Kier molecular flexibility index (Phi) is 5.67. The Hall–Kier alpha value is -0.120. The minimum absolute atomic E-state index is 0.758. The Morgan fingerprint density at radius 3 is 2.63 bits per heavy atom. The van der Waals surface area contributed by atoms with E-state index in [0.717, 1.165) is 30.5 Å². The summed E-state index contributed by atoms with van der Waals surface area (Å²) in [5.74, 6) is 1.75. The minimum atomic E-state index is 0.758. The summed E-state index contributed by atoms with van der Waals surface area (Å²) in [6.07, 6.45) is 5.66. The fraction of sp³-hybridized carbons (Fsp3) is 1.00. The lowest BCUT2D eigenvalue weighted by atomic mass is 9.99. The highest BCUT2D eigenvalue weighted by Gasteiger charge is 2.32. The minimum Gasteiger partial charge on any atom is -0.314 e. The first-order valence-electron chi connectivity index (χ1n) is 8.24. The Bertz CT molecular complexity index is 267. The first-order chi connectivity index (χ1) is 9.11. The summed E-state index contributed by atoms with van der Waals surface area (Å²) in [5, 5.41) is 3.68. The van der Waals surface area contributed by atoms with E-state index >= 15 is 0 Å². The zero-order chi connectivity index (χ0) is 13.8. The van der Waals surface area contributed by atoms with Gasteiger partial charge in [0.2, 0.25) is 0 Å². The van der Waals surface area contributed by atoms with E-state index in [1.54, 1.807) is 0 Å². The Morgan fingerprint density at radius 2 is 2.00 bits per heavy atom. The van der Waals surface area contributed by atoms with Crippen molar-refractivity contribution in [1.82, 2.24) is 15.1 Å². The Balaban J connectivity index is 1.74. The number of likely N-dealkylation sites (tertiary alicyclic amines) is 1. The summed E-state index contributed by atoms with van der Waals surface area (Å²) in [6.45, 7) is 9.64. The highest BCUT2D eigenvalue weighted by molar-refractivity contribution is 4.88. The number of likely N-dealkylation sites (N-methyl/N-ethyl adjacent to an activating group) is 1. The molecule has 1 aliphatic carbocycles. The number of nitrogens with zero attached hydrogens (tertiary/aromatic N) is 2. The van der Waals surface area contributed by atoms with Crippen molar-refractivity contribution in [3.05, 3.63) is 0 Å². The fourth-order valence-electron chi connectivity index (χ4n) is 4.16. The second-order valence-corrected chi connectivity index (χ2v) is 6.91. The zero-order valence-electron chi connectivity index (χ0n) is 13.4. The van der Waals surface area contributed by atoms with E-state index in [0.29, 0.717) is 0 Å². The quantitative estimate of drug-likeness (QED) is 0.794. The van der Waals surface area contributed by atoms with Gasteiger partial charge in [0.05, 0.1) is 0 Å². The van der Waals surface area contributed by atoms with Crippen molar-refractivity contribution in [3.8, 4) is 0 Å². The van der Waals surface area contributed by atoms with E-state index in [-0.39, 0.29) is 0 Å². The molecule has 1 aliphatic heterocycles. The van der Waals surface area contributed by atoms with Crippen LogP contribution in [0, 0.1) is 11.8 Å². The van der Waals surface area contributed by atoms with E-state index < -0.39 is 0 Å². The molecule has 3 nitrogen and oxygen atoms in total. The normalized spacial score (nSPS) is 36.5. The van der Waals surface area contributed by atoms with Gasteiger partial charge in [-0.2, -0.15) is 0 Å². The van der Waals surface area contributed by atoms with Crippen LogP contribution in [-0.2, 0) is 0 Å². The van der Waals surface area contributed by atoms with Crippen molar-refractivity contribution in [2.75, 3.05) is 40.3 Å². The summed E-state index contributed by atoms with van der Waals surface area (Å²) in [4.78, 5) is 5.10. The lowest BCUT2D eigenvalue weighted by Gasteiger charge is -2.24. The maximum atomic E-state index is 3.68. The van der Waals surface area contributed by atoms with Gasteiger partial charge < -0.3 is 15.1 Å². The highest BCUT2D eigenvalue weighted by atomic mass is 15.2. The third-order valence-corrected chi connectivity index (χ3v) is 5.25. The monoisotopic (exact) mass is 267 g/mol. The lowest BCUT2D eigenvalue weighted by molar-refractivity contribution is 0.242. The molecule has 1 saturated carbocycles. The lowest BCUT2D eigenvalue weighted by Crippen LogP contribution is -2.36. The molecule has 4 unspecified atom stereocenters. The smallest absolute Gasteiger partial charge is 0.0254 e. The molecule has 2 rings (SSSR count).